The van der Waals surface area contributed by atoms with E-state index in [-0.39, 0.29) is 0 Å². The van der Waals surface area contributed by atoms with Gasteiger partial charge in [-0.25, -0.2) is 0 Å². The highest BCUT2D eigenvalue weighted by molar-refractivity contribution is 4.57. The van der Waals surface area contributed by atoms with Gasteiger partial charge in [-0.05, 0) is 20.5 Å². The molecule has 0 saturated heterocycles. The highest BCUT2D eigenvalue weighted by Crippen LogP contribution is 1.76. The molecule has 0 aliphatic heterocycles. The van der Waals surface area contributed by atoms with Gasteiger partial charge in [-0.15, -0.1) is 0 Å². The van der Waals surface area contributed by atoms with Crippen molar-refractivity contribution in [3.05, 3.63) is 14.0 Å². The van der Waals surface area contributed by atoms with E-state index >= 15 is 0 Å². The van der Waals surface area contributed by atoms with Crippen LogP contribution in [0.1, 0.15) is 0 Å². The van der Waals surface area contributed by atoms with Crippen LogP contribution in [-0.4, -0.2) is 57.8 Å². The fourth-order valence-corrected chi connectivity index (χ4v) is 0.985. The molecule has 0 unspecified atom stereocenters. The number of likely N-dealkylation sites (N-methyl/N-ethyl adjacent to an activating group) is 1. The molecule has 3 N–H and O–H groups in total. The van der Waals surface area contributed by atoms with Crippen LogP contribution in [0, 0.1) is 14.0 Å². The van der Waals surface area contributed by atoms with Gasteiger partial charge in [0, 0.05) is 46.3 Å². The molecule has 0 amide bonds. The Hall–Kier alpha value is -0.160. The van der Waals surface area contributed by atoms with Gasteiger partial charge in [0.05, 0.1) is 0 Å². The van der Waals surface area contributed by atoms with E-state index in [4.69, 9.17) is 0 Å². The van der Waals surface area contributed by atoms with E-state index in [0.29, 0.717) is 0 Å². The summed E-state index contributed by atoms with van der Waals surface area (Å²) in [4.78, 5) is 2.19. The molecular formula is C10H24N4. The Morgan fingerprint density at radius 1 is 1.00 bits per heavy atom. The zero-order valence-corrected chi connectivity index (χ0v) is 9.31. The highest BCUT2D eigenvalue weighted by Gasteiger charge is 1.92. The Kier molecular flexibility index (Phi) is 10.8. The van der Waals surface area contributed by atoms with E-state index in [9.17, 15) is 0 Å². The second kappa shape index (κ2) is 10.9. The molecule has 0 fully saturated rings. The summed E-state index contributed by atoms with van der Waals surface area (Å²) >= 11 is 0. The Balaban J connectivity index is 2.92. The van der Waals surface area contributed by atoms with E-state index in [1.54, 1.807) is 0 Å². The molecule has 0 spiro atoms. The van der Waals surface area contributed by atoms with Crippen molar-refractivity contribution in [2.24, 2.45) is 0 Å². The van der Waals surface area contributed by atoms with Crippen LogP contribution in [0.2, 0.25) is 0 Å². The minimum atomic E-state index is 0.870. The SMILES string of the molecule is [CH2]CN(C)CCNCCNCCN[CH2]. The average Bonchev–Trinajstić information content (AvgIpc) is 2.21. The molecule has 2 radical (unpaired) electrons. The average molecular weight is 200 g/mol. The quantitative estimate of drug-likeness (QED) is 0.408. The Labute approximate surface area is 88.4 Å². The van der Waals surface area contributed by atoms with Crippen molar-refractivity contribution in [3.8, 4) is 0 Å². The molecule has 14 heavy (non-hydrogen) atoms. The molecular weight excluding hydrogens is 176 g/mol. The lowest BCUT2D eigenvalue weighted by molar-refractivity contribution is 0.364. The smallest absolute Gasteiger partial charge is 0.0104 e. The third kappa shape index (κ3) is 9.92. The van der Waals surface area contributed by atoms with Gasteiger partial charge in [0.1, 0.15) is 0 Å². The molecule has 4 heteroatoms. The largest absolute Gasteiger partial charge is 0.314 e. The topological polar surface area (TPSA) is 39.3 Å². The van der Waals surface area contributed by atoms with Crippen molar-refractivity contribution in [1.29, 1.82) is 0 Å². The standard InChI is InChI=1S/C10H24N4/c1-4-14(3)10-9-13-8-7-12-6-5-11-2/h11-13H,1-2,4-10H2,3H3. The molecule has 84 valence electrons. The Morgan fingerprint density at radius 2 is 1.57 bits per heavy atom. The molecule has 0 aromatic heterocycles. The lowest BCUT2D eigenvalue weighted by atomic mass is 10.5. The first kappa shape index (κ1) is 13.8. The van der Waals surface area contributed by atoms with Gasteiger partial charge in [-0.3, -0.25) is 0 Å². The predicted molar refractivity (Wildman–Crippen MR) is 62.0 cm³/mol. The second-order valence-corrected chi connectivity index (χ2v) is 3.30. The van der Waals surface area contributed by atoms with Crippen LogP contribution in [0.5, 0.6) is 0 Å². The summed E-state index contributed by atoms with van der Waals surface area (Å²) in [6, 6.07) is 0. The third-order valence-corrected chi connectivity index (χ3v) is 2.01. The van der Waals surface area contributed by atoms with Crippen LogP contribution >= 0.6 is 0 Å². The molecule has 4 nitrogen and oxygen atoms in total. The first-order chi connectivity index (χ1) is 6.81. The van der Waals surface area contributed by atoms with Gasteiger partial charge in [0.2, 0.25) is 0 Å². The van der Waals surface area contributed by atoms with Gasteiger partial charge in [0.15, 0.2) is 0 Å². The molecule has 0 bridgehead atoms. The van der Waals surface area contributed by atoms with E-state index < -0.39 is 0 Å². The maximum Gasteiger partial charge on any atom is 0.0104 e. The second-order valence-electron chi connectivity index (χ2n) is 3.30. The van der Waals surface area contributed by atoms with E-state index in [1.807, 2.05) is 0 Å². The van der Waals surface area contributed by atoms with E-state index in [2.05, 4.69) is 41.9 Å². The van der Waals surface area contributed by atoms with Crippen molar-refractivity contribution >= 4 is 0 Å². The lowest BCUT2D eigenvalue weighted by Gasteiger charge is -2.13. The summed E-state index contributed by atoms with van der Waals surface area (Å²) in [6.07, 6.45) is 0. The lowest BCUT2D eigenvalue weighted by Crippen LogP contribution is -2.35. The highest BCUT2D eigenvalue weighted by atomic mass is 15.1. The predicted octanol–water partition coefficient (Wildman–Crippen LogP) is -0.687. The summed E-state index contributed by atoms with van der Waals surface area (Å²) in [5, 5.41) is 9.50. The van der Waals surface area contributed by atoms with Gasteiger partial charge < -0.3 is 20.9 Å². The molecule has 0 aliphatic carbocycles. The van der Waals surface area contributed by atoms with Crippen molar-refractivity contribution < 1.29 is 0 Å². The van der Waals surface area contributed by atoms with Gasteiger partial charge in [0.25, 0.3) is 0 Å². The fourth-order valence-electron chi connectivity index (χ4n) is 0.985. The molecule has 0 saturated carbocycles. The molecule has 0 aromatic carbocycles. The summed E-state index contributed by atoms with van der Waals surface area (Å²) in [7, 11) is 5.62. The first-order valence-electron chi connectivity index (χ1n) is 5.20. The van der Waals surface area contributed by atoms with E-state index in [0.717, 1.165) is 45.8 Å². The van der Waals surface area contributed by atoms with Crippen molar-refractivity contribution in [3.63, 3.8) is 0 Å². The molecule has 0 rings (SSSR count). The van der Waals surface area contributed by atoms with Crippen LogP contribution in [0.25, 0.3) is 0 Å². The number of hydrogen-bond acceptors (Lipinski definition) is 4. The van der Waals surface area contributed by atoms with Crippen LogP contribution in [0.3, 0.4) is 0 Å². The maximum atomic E-state index is 3.81. The molecule has 0 aromatic rings. The molecule has 0 heterocycles. The fraction of sp³-hybridized carbons (Fsp3) is 0.800. The van der Waals surface area contributed by atoms with Gasteiger partial charge in [-0.2, -0.15) is 0 Å². The summed E-state index contributed by atoms with van der Waals surface area (Å²) in [6.45, 7) is 10.7. The monoisotopic (exact) mass is 200 g/mol. The number of nitrogens with zero attached hydrogens (tertiary/aromatic N) is 1. The van der Waals surface area contributed by atoms with Crippen molar-refractivity contribution in [2.45, 2.75) is 0 Å². The summed E-state index contributed by atoms with van der Waals surface area (Å²) in [5.41, 5.74) is 0. The molecule has 0 aliphatic rings. The first-order valence-corrected chi connectivity index (χ1v) is 5.20. The van der Waals surface area contributed by atoms with E-state index in [1.165, 1.54) is 0 Å². The normalized spacial score (nSPS) is 11.1. The van der Waals surface area contributed by atoms with Crippen molar-refractivity contribution in [2.75, 3.05) is 52.9 Å². The van der Waals surface area contributed by atoms with Crippen molar-refractivity contribution in [1.82, 2.24) is 20.9 Å². The maximum absolute atomic E-state index is 3.81. The number of nitrogens with one attached hydrogen (secondary N) is 3. The minimum Gasteiger partial charge on any atom is -0.314 e. The number of rotatable bonds is 10. The van der Waals surface area contributed by atoms with Gasteiger partial charge in [-0.1, -0.05) is 0 Å². The molecule has 0 atom stereocenters. The van der Waals surface area contributed by atoms with Crippen LogP contribution < -0.4 is 16.0 Å². The number of hydrogen-bond donors (Lipinski definition) is 3. The summed E-state index contributed by atoms with van der Waals surface area (Å²) in [5.74, 6) is 0. The minimum absolute atomic E-state index is 0.870. The Morgan fingerprint density at radius 3 is 2.14 bits per heavy atom. The third-order valence-electron chi connectivity index (χ3n) is 2.01. The summed E-state index contributed by atoms with van der Waals surface area (Å²) < 4.78 is 0. The zero-order valence-electron chi connectivity index (χ0n) is 9.31. The Bertz CT molecular complexity index is 108. The van der Waals surface area contributed by atoms with Crippen LogP contribution in [0.15, 0.2) is 0 Å². The van der Waals surface area contributed by atoms with Crippen LogP contribution in [0.4, 0.5) is 0 Å². The zero-order chi connectivity index (χ0) is 10.6. The van der Waals surface area contributed by atoms with Crippen LogP contribution in [-0.2, 0) is 0 Å². The van der Waals surface area contributed by atoms with Gasteiger partial charge >= 0.3 is 0 Å².